The van der Waals surface area contributed by atoms with E-state index < -0.39 is 0 Å². The fourth-order valence-electron chi connectivity index (χ4n) is 6.77. The van der Waals surface area contributed by atoms with Crippen molar-refractivity contribution in [3.05, 3.63) is 26.0 Å². The largest absolute Gasteiger partial charge is 0.465 e. The van der Waals surface area contributed by atoms with Crippen LogP contribution in [0.2, 0.25) is 0 Å². The second kappa shape index (κ2) is 54.3. The van der Waals surface area contributed by atoms with Crippen molar-refractivity contribution in [1.29, 1.82) is 0 Å². The number of nitrogens with zero attached hydrogens (tertiary/aromatic N) is 1. The molecule has 0 heterocycles. The van der Waals surface area contributed by atoms with Crippen molar-refractivity contribution in [3.8, 4) is 0 Å². The molecule has 57 heavy (non-hydrogen) atoms. The fraction of sp³-hybridized carbons (Fsp3) is 0.902. The monoisotopic (exact) mass is 810 g/mol. The summed E-state index contributed by atoms with van der Waals surface area (Å²) < 4.78 is 10.00. The van der Waals surface area contributed by atoms with E-state index in [0.717, 1.165) is 51.8 Å². The molecule has 6 heteroatoms. The molecule has 1 unspecified atom stereocenters. The summed E-state index contributed by atoms with van der Waals surface area (Å²) in [5.41, 5.74) is 0.851. The normalized spacial score (nSPS) is 10.9. The van der Waals surface area contributed by atoms with Gasteiger partial charge in [0.1, 0.15) is 6.10 Å². The number of hydrogen-bond donors (Lipinski definition) is 0. The van der Waals surface area contributed by atoms with Crippen LogP contribution in [0.1, 0.15) is 267 Å². The number of ether oxygens (including phenoxy) is 2. The lowest BCUT2D eigenvalue weighted by molar-refractivity contribution is -0.134. The zero-order chi connectivity index (χ0) is 43.6. The Morgan fingerprint density at radius 1 is 0.474 bits per heavy atom. The first-order valence-corrected chi connectivity index (χ1v) is 24.9. The van der Waals surface area contributed by atoms with E-state index in [-0.39, 0.29) is 17.0 Å². The predicted molar refractivity (Wildman–Crippen MR) is 255 cm³/mol. The van der Waals surface area contributed by atoms with Crippen molar-refractivity contribution >= 4 is 12.2 Å². The van der Waals surface area contributed by atoms with Gasteiger partial charge in [-0.25, -0.2) is 0 Å². The third kappa shape index (κ3) is 43.7. The van der Waals surface area contributed by atoms with Crippen LogP contribution in [-0.4, -0.2) is 39.4 Å². The molecule has 0 aromatic heterocycles. The van der Waals surface area contributed by atoms with Gasteiger partial charge in [0, 0.05) is 32.4 Å². The summed E-state index contributed by atoms with van der Waals surface area (Å²) in [5.74, 6) is 0. The van der Waals surface area contributed by atoms with Crippen LogP contribution < -0.4 is 15.8 Å². The number of methoxy groups -OCH3 is 1. The van der Waals surface area contributed by atoms with Gasteiger partial charge in [-0.2, -0.15) is 0 Å². The van der Waals surface area contributed by atoms with Crippen LogP contribution >= 0.6 is 0 Å². The third-order valence-corrected chi connectivity index (χ3v) is 10.4. The zero-order valence-corrected chi connectivity index (χ0v) is 40.7. The van der Waals surface area contributed by atoms with E-state index in [9.17, 15) is 14.4 Å². The van der Waals surface area contributed by atoms with Crippen LogP contribution in [0.25, 0.3) is 0 Å². The Bertz CT molecular complexity index is 915. The minimum atomic E-state index is -0.277. The third-order valence-electron chi connectivity index (χ3n) is 10.4. The van der Waals surface area contributed by atoms with Gasteiger partial charge in [-0.3, -0.25) is 14.4 Å². The molecule has 0 fully saturated rings. The summed E-state index contributed by atoms with van der Waals surface area (Å²) in [6.07, 6.45) is 39.8. The lowest BCUT2D eigenvalue weighted by Gasteiger charge is -2.27. The van der Waals surface area contributed by atoms with Crippen LogP contribution in [0.3, 0.4) is 0 Å². The molecule has 6 nitrogen and oxygen atoms in total. The van der Waals surface area contributed by atoms with E-state index in [1.165, 1.54) is 167 Å². The molecule has 1 aromatic carbocycles. The minimum absolute atomic E-state index is 0.165. The molecular weight excluding hydrogens is 707 g/mol. The van der Waals surface area contributed by atoms with E-state index in [1.54, 1.807) is 14.0 Å². The smallest absolute Gasteiger partial charge is 0.293 e. The Kier molecular flexibility index (Phi) is 59.0. The molecule has 0 spiro atoms. The highest BCUT2D eigenvalue weighted by atomic mass is 16.5. The summed E-state index contributed by atoms with van der Waals surface area (Å²) in [5, 5.41) is 0. The summed E-state index contributed by atoms with van der Waals surface area (Å²) in [4.78, 5) is 35.9. The topological polar surface area (TPSA) is 72.9 Å². The number of anilines is 1. The number of rotatable bonds is 36. The van der Waals surface area contributed by atoms with Crippen LogP contribution in [-0.2, 0) is 14.3 Å². The second-order valence-electron chi connectivity index (χ2n) is 15.8. The molecule has 0 aliphatic heterocycles. The number of carbonyl (C=O) groups excluding carboxylic acids is 1. The summed E-state index contributed by atoms with van der Waals surface area (Å²) in [7, 11) is 1.77. The molecule has 1 rings (SSSR count). The Hall–Kier alpha value is -1.69. The van der Waals surface area contributed by atoms with Gasteiger partial charge in [0.15, 0.2) is 0 Å². The predicted octanol–water partition coefficient (Wildman–Crippen LogP) is 15.8. The average molecular weight is 810 g/mol. The minimum Gasteiger partial charge on any atom is -0.465 e. The first-order chi connectivity index (χ1) is 27.8. The molecule has 0 saturated carbocycles. The number of hydrogen-bond acceptors (Lipinski definition) is 6. The SMILES string of the molecule is CC.CCCCC.CCCCCCCCC(CCC)OC=O.CCCCCCCCCOC.CCCCCCCCN(CCCCCCCC)c1c(C)c(=O)c1=O. The number of carbonyl (C=O) groups is 1. The maximum absolute atomic E-state index is 11.9. The van der Waals surface area contributed by atoms with E-state index in [4.69, 9.17) is 9.47 Å². The first kappa shape index (κ1) is 62.0. The maximum Gasteiger partial charge on any atom is 0.293 e. The molecule has 1 atom stereocenters. The molecule has 0 saturated heterocycles. The fourth-order valence-corrected chi connectivity index (χ4v) is 6.77. The molecule has 0 radical (unpaired) electrons. The van der Waals surface area contributed by atoms with Crippen LogP contribution in [0.15, 0.2) is 9.59 Å². The summed E-state index contributed by atoms with van der Waals surface area (Å²) in [6, 6.07) is 0. The Morgan fingerprint density at radius 2 is 0.842 bits per heavy atom. The Labute approximate surface area is 357 Å². The lowest BCUT2D eigenvalue weighted by atomic mass is 10.0. The molecule has 0 aliphatic rings. The van der Waals surface area contributed by atoms with Gasteiger partial charge in [0.2, 0.25) is 10.9 Å². The van der Waals surface area contributed by atoms with Crippen molar-refractivity contribution in [3.63, 3.8) is 0 Å². The second-order valence-corrected chi connectivity index (χ2v) is 15.8. The molecule has 0 amide bonds. The van der Waals surface area contributed by atoms with Gasteiger partial charge in [0.05, 0.1) is 5.69 Å². The zero-order valence-electron chi connectivity index (χ0n) is 40.7. The molecule has 342 valence electrons. The summed E-state index contributed by atoms with van der Waals surface area (Å²) in [6.45, 7) is 24.7. The highest BCUT2D eigenvalue weighted by molar-refractivity contribution is 5.57. The molecule has 1 aromatic rings. The van der Waals surface area contributed by atoms with Crippen molar-refractivity contribution in [2.75, 3.05) is 31.7 Å². The molecular formula is C51H103NO5. The van der Waals surface area contributed by atoms with E-state index in [1.807, 2.05) is 13.8 Å². The highest BCUT2D eigenvalue weighted by Crippen LogP contribution is 2.18. The van der Waals surface area contributed by atoms with Crippen molar-refractivity contribution < 1.29 is 14.3 Å². The maximum atomic E-state index is 11.9. The highest BCUT2D eigenvalue weighted by Gasteiger charge is 2.22. The Balaban J connectivity index is -0.000000364. The van der Waals surface area contributed by atoms with Gasteiger partial charge >= 0.3 is 0 Å². The van der Waals surface area contributed by atoms with Gasteiger partial charge in [-0.15, -0.1) is 0 Å². The molecule has 0 N–H and O–H groups in total. The molecule has 0 bridgehead atoms. The van der Waals surface area contributed by atoms with E-state index in [0.29, 0.717) is 17.7 Å². The van der Waals surface area contributed by atoms with Gasteiger partial charge in [-0.05, 0) is 45.4 Å². The van der Waals surface area contributed by atoms with Crippen LogP contribution in [0.5, 0.6) is 0 Å². The Morgan fingerprint density at radius 3 is 1.18 bits per heavy atom. The standard InChI is InChI=1S/C21H37NO2.C13H26O2.C10H22O.C5H12.C2H6/c1-4-6-8-10-12-14-16-22(17-15-13-11-9-7-5-2)19-18(3)20(23)21(19)24;1-3-5-6-7-8-9-11-13(10-4-2)15-12-14;1-3-4-5-6-7-8-9-10-11-2;1-3-5-4-2;1-2/h4-17H2,1-3H3;12-13H,3-11H2,1-2H3;3-10H2,1-2H3;3-5H2,1-2H3;1-2H3. The van der Waals surface area contributed by atoms with E-state index >= 15 is 0 Å². The van der Waals surface area contributed by atoms with Gasteiger partial charge in [0.25, 0.3) is 6.47 Å². The van der Waals surface area contributed by atoms with Crippen molar-refractivity contribution in [1.82, 2.24) is 0 Å². The average Bonchev–Trinajstić information content (AvgIpc) is 3.23. The van der Waals surface area contributed by atoms with Crippen LogP contribution in [0, 0.1) is 6.92 Å². The summed E-state index contributed by atoms with van der Waals surface area (Å²) >= 11 is 0. The van der Waals surface area contributed by atoms with E-state index in [2.05, 4.69) is 53.4 Å². The van der Waals surface area contributed by atoms with Crippen LogP contribution in [0.4, 0.5) is 5.69 Å². The quantitative estimate of drug-likeness (QED) is 0.0382. The van der Waals surface area contributed by atoms with Gasteiger partial charge < -0.3 is 14.4 Å². The first-order valence-electron chi connectivity index (χ1n) is 24.9. The van der Waals surface area contributed by atoms with Crippen molar-refractivity contribution in [2.45, 2.75) is 274 Å². The lowest BCUT2D eigenvalue weighted by Crippen LogP contribution is -2.43. The number of unbranched alkanes of at least 4 members (excludes halogenated alkanes) is 23. The van der Waals surface area contributed by atoms with Gasteiger partial charge in [-0.1, -0.05) is 223 Å². The molecule has 0 aliphatic carbocycles. The van der Waals surface area contributed by atoms with Crippen molar-refractivity contribution in [2.24, 2.45) is 0 Å².